The SMILES string of the molecule is CC(C)[NH+](C)CCOC(=O)c1ccc2c(c1)OCCO2. The molecule has 0 bridgehead atoms. The van der Waals surface area contributed by atoms with Gasteiger partial charge in [0.2, 0.25) is 0 Å². The van der Waals surface area contributed by atoms with Gasteiger partial charge in [0.05, 0.1) is 18.7 Å². The number of nitrogens with one attached hydrogen (secondary N) is 1. The summed E-state index contributed by atoms with van der Waals surface area (Å²) in [5.41, 5.74) is 0.497. The first-order valence-electron chi connectivity index (χ1n) is 6.97. The zero-order chi connectivity index (χ0) is 14.5. The predicted octanol–water partition coefficient (Wildman–Crippen LogP) is 0.538. The minimum Gasteiger partial charge on any atom is -0.486 e. The number of carbonyl (C=O) groups is 1. The average molecular weight is 280 g/mol. The van der Waals surface area contributed by atoms with Gasteiger partial charge < -0.3 is 19.1 Å². The van der Waals surface area contributed by atoms with Gasteiger partial charge in [0.25, 0.3) is 0 Å². The van der Waals surface area contributed by atoms with Crippen LogP contribution in [0.15, 0.2) is 18.2 Å². The Kier molecular flexibility index (Phi) is 4.84. The number of carbonyl (C=O) groups excluding carboxylic acids is 1. The van der Waals surface area contributed by atoms with Crippen molar-refractivity contribution in [2.24, 2.45) is 0 Å². The Morgan fingerprint density at radius 2 is 2.00 bits per heavy atom. The van der Waals surface area contributed by atoms with Gasteiger partial charge in [-0.1, -0.05) is 0 Å². The molecule has 1 N–H and O–H groups in total. The molecule has 1 atom stereocenters. The van der Waals surface area contributed by atoms with Crippen molar-refractivity contribution in [3.8, 4) is 11.5 Å². The maximum Gasteiger partial charge on any atom is 0.338 e. The normalized spacial score (nSPS) is 15.0. The van der Waals surface area contributed by atoms with Crippen molar-refractivity contribution in [2.75, 3.05) is 33.4 Å². The van der Waals surface area contributed by atoms with E-state index in [4.69, 9.17) is 14.2 Å². The highest BCUT2D eigenvalue weighted by Gasteiger charge is 2.16. The molecule has 0 saturated carbocycles. The molecule has 2 rings (SSSR count). The molecule has 0 aromatic heterocycles. The second kappa shape index (κ2) is 6.61. The summed E-state index contributed by atoms with van der Waals surface area (Å²) in [5, 5.41) is 0. The summed E-state index contributed by atoms with van der Waals surface area (Å²) in [4.78, 5) is 13.3. The minimum atomic E-state index is -0.321. The second-order valence-corrected chi connectivity index (χ2v) is 5.25. The largest absolute Gasteiger partial charge is 0.486 e. The van der Waals surface area contributed by atoms with E-state index in [0.717, 1.165) is 6.54 Å². The molecule has 110 valence electrons. The van der Waals surface area contributed by atoms with Crippen LogP contribution >= 0.6 is 0 Å². The molecule has 1 aliphatic heterocycles. The molecule has 1 unspecified atom stereocenters. The van der Waals surface area contributed by atoms with Crippen LogP contribution in [0, 0.1) is 0 Å². The van der Waals surface area contributed by atoms with Crippen LogP contribution in [0.5, 0.6) is 11.5 Å². The Balaban J connectivity index is 1.89. The Morgan fingerprint density at radius 3 is 2.70 bits per heavy atom. The van der Waals surface area contributed by atoms with Crippen molar-refractivity contribution in [1.82, 2.24) is 0 Å². The zero-order valence-corrected chi connectivity index (χ0v) is 12.3. The van der Waals surface area contributed by atoms with Crippen molar-refractivity contribution in [2.45, 2.75) is 19.9 Å². The number of benzene rings is 1. The van der Waals surface area contributed by atoms with Crippen molar-refractivity contribution in [3.63, 3.8) is 0 Å². The van der Waals surface area contributed by atoms with Gasteiger partial charge in [-0.25, -0.2) is 4.79 Å². The maximum atomic E-state index is 12.0. The van der Waals surface area contributed by atoms with Gasteiger partial charge in [0.15, 0.2) is 11.5 Å². The van der Waals surface area contributed by atoms with E-state index in [9.17, 15) is 4.79 Å². The van der Waals surface area contributed by atoms with Crippen molar-refractivity contribution in [3.05, 3.63) is 23.8 Å². The van der Waals surface area contributed by atoms with E-state index in [2.05, 4.69) is 20.9 Å². The Labute approximate surface area is 119 Å². The highest BCUT2D eigenvalue weighted by atomic mass is 16.6. The molecule has 1 heterocycles. The van der Waals surface area contributed by atoms with Gasteiger partial charge in [-0.3, -0.25) is 0 Å². The highest BCUT2D eigenvalue weighted by Crippen LogP contribution is 2.30. The quantitative estimate of drug-likeness (QED) is 0.800. The Bertz CT molecular complexity index is 473. The number of esters is 1. The summed E-state index contributed by atoms with van der Waals surface area (Å²) in [5.74, 6) is 0.964. The van der Waals surface area contributed by atoms with E-state index in [1.54, 1.807) is 18.2 Å². The van der Waals surface area contributed by atoms with Crippen LogP contribution in [0.3, 0.4) is 0 Å². The first-order chi connectivity index (χ1) is 9.58. The van der Waals surface area contributed by atoms with Crippen LogP contribution in [-0.2, 0) is 4.74 Å². The molecule has 1 aromatic rings. The predicted molar refractivity (Wildman–Crippen MR) is 74.6 cm³/mol. The van der Waals surface area contributed by atoms with Crippen molar-refractivity contribution < 1.29 is 23.9 Å². The van der Waals surface area contributed by atoms with E-state index in [1.807, 2.05) is 0 Å². The standard InChI is InChI=1S/C15H21NO4/c1-11(2)16(3)6-7-20-15(17)12-4-5-13-14(10-12)19-9-8-18-13/h4-5,10-11H,6-9H2,1-3H3/p+1. The third-order valence-electron chi connectivity index (χ3n) is 3.49. The fraction of sp³-hybridized carbons (Fsp3) is 0.533. The second-order valence-electron chi connectivity index (χ2n) is 5.25. The van der Waals surface area contributed by atoms with E-state index < -0.39 is 0 Å². The highest BCUT2D eigenvalue weighted by molar-refractivity contribution is 5.90. The molecule has 1 aliphatic rings. The zero-order valence-electron chi connectivity index (χ0n) is 12.3. The lowest BCUT2D eigenvalue weighted by Gasteiger charge is -2.19. The van der Waals surface area contributed by atoms with Crippen LogP contribution in [0.1, 0.15) is 24.2 Å². The van der Waals surface area contributed by atoms with Crippen molar-refractivity contribution >= 4 is 5.97 Å². The summed E-state index contributed by atoms with van der Waals surface area (Å²) < 4.78 is 16.2. The molecular formula is C15H22NO4+. The number of ether oxygens (including phenoxy) is 3. The van der Waals surface area contributed by atoms with Crippen LogP contribution in [-0.4, -0.2) is 45.4 Å². The monoisotopic (exact) mass is 280 g/mol. The average Bonchev–Trinajstić information content (AvgIpc) is 2.46. The fourth-order valence-electron chi connectivity index (χ4n) is 1.85. The van der Waals surface area contributed by atoms with E-state index in [1.165, 1.54) is 4.90 Å². The van der Waals surface area contributed by atoms with Gasteiger partial charge in [-0.05, 0) is 32.0 Å². The van der Waals surface area contributed by atoms with E-state index in [0.29, 0.717) is 42.9 Å². The topological polar surface area (TPSA) is 49.2 Å². The summed E-state index contributed by atoms with van der Waals surface area (Å²) in [7, 11) is 2.09. The van der Waals surface area contributed by atoms with Crippen LogP contribution in [0.2, 0.25) is 0 Å². The van der Waals surface area contributed by atoms with Gasteiger partial charge >= 0.3 is 5.97 Å². The molecule has 0 aliphatic carbocycles. The van der Waals surface area contributed by atoms with Gasteiger partial charge in [-0.2, -0.15) is 0 Å². The van der Waals surface area contributed by atoms with Gasteiger partial charge in [-0.15, -0.1) is 0 Å². The maximum absolute atomic E-state index is 12.0. The molecule has 0 amide bonds. The lowest BCUT2D eigenvalue weighted by Crippen LogP contribution is -3.12. The van der Waals surface area contributed by atoms with Crippen LogP contribution in [0.4, 0.5) is 0 Å². The van der Waals surface area contributed by atoms with E-state index in [-0.39, 0.29) is 5.97 Å². The number of hydrogen-bond acceptors (Lipinski definition) is 4. The third-order valence-corrected chi connectivity index (χ3v) is 3.49. The summed E-state index contributed by atoms with van der Waals surface area (Å²) in [6.07, 6.45) is 0. The third kappa shape index (κ3) is 3.63. The molecular weight excluding hydrogens is 258 g/mol. The molecule has 0 radical (unpaired) electrons. The molecule has 20 heavy (non-hydrogen) atoms. The van der Waals surface area contributed by atoms with Gasteiger partial charge in [0.1, 0.15) is 26.4 Å². The first-order valence-corrected chi connectivity index (χ1v) is 6.97. The lowest BCUT2D eigenvalue weighted by atomic mass is 10.2. The van der Waals surface area contributed by atoms with E-state index >= 15 is 0 Å². The lowest BCUT2D eigenvalue weighted by molar-refractivity contribution is -0.901. The number of fused-ring (bicyclic) bond motifs is 1. The molecule has 1 aromatic carbocycles. The summed E-state index contributed by atoms with van der Waals surface area (Å²) in [6, 6.07) is 5.64. The molecule has 0 spiro atoms. The van der Waals surface area contributed by atoms with Crippen LogP contribution < -0.4 is 14.4 Å². The number of likely N-dealkylation sites (N-methyl/N-ethyl adjacent to an activating group) is 1. The number of hydrogen-bond donors (Lipinski definition) is 1. The van der Waals surface area contributed by atoms with Crippen LogP contribution in [0.25, 0.3) is 0 Å². The molecule has 5 heteroatoms. The minimum absolute atomic E-state index is 0.321. The number of rotatable bonds is 5. The summed E-state index contributed by atoms with van der Waals surface area (Å²) >= 11 is 0. The van der Waals surface area contributed by atoms with Crippen molar-refractivity contribution in [1.29, 1.82) is 0 Å². The smallest absolute Gasteiger partial charge is 0.338 e. The first kappa shape index (κ1) is 14.7. The van der Waals surface area contributed by atoms with Gasteiger partial charge in [0, 0.05) is 0 Å². The Morgan fingerprint density at radius 1 is 1.30 bits per heavy atom. The molecule has 0 fully saturated rings. The Hall–Kier alpha value is -1.75. The molecule has 0 saturated heterocycles. The fourth-order valence-corrected chi connectivity index (χ4v) is 1.85. The summed E-state index contributed by atoms with van der Waals surface area (Å²) in [6.45, 7) is 6.54. The molecule has 5 nitrogen and oxygen atoms in total. The number of quaternary nitrogens is 1.